The maximum Gasteiger partial charge on any atom is 0.122 e. The number of rotatable bonds is 3. The number of hydrogen-bond donors (Lipinski definition) is 1. The smallest absolute Gasteiger partial charge is 0.122 e. The Balaban J connectivity index is 2.47. The van der Waals surface area contributed by atoms with Crippen LogP contribution in [0, 0.1) is 0 Å². The first-order chi connectivity index (χ1) is 9.41. The molecule has 0 amide bonds. The summed E-state index contributed by atoms with van der Waals surface area (Å²) in [5.74, 6) is 0.457. The molecule has 1 heteroatoms. The molecule has 0 saturated carbocycles. The van der Waals surface area contributed by atoms with Crippen molar-refractivity contribution in [2.75, 3.05) is 0 Å². The topological polar surface area (TPSA) is 20.2 Å². The summed E-state index contributed by atoms with van der Waals surface area (Å²) in [6.45, 7) is 8.60. The molecule has 0 saturated heterocycles. The number of phenolic OH excluding ortho intramolecular Hbond substituents is 1. The van der Waals surface area contributed by atoms with Gasteiger partial charge in [-0.05, 0) is 34.1 Å². The second kappa shape index (κ2) is 5.70. The summed E-state index contributed by atoms with van der Waals surface area (Å²) < 4.78 is 0. The van der Waals surface area contributed by atoms with Crippen LogP contribution in [0.5, 0.6) is 5.75 Å². The van der Waals surface area contributed by atoms with E-state index >= 15 is 0 Å². The molecule has 0 atom stereocenters. The van der Waals surface area contributed by atoms with Gasteiger partial charge in [0.1, 0.15) is 5.75 Å². The predicted octanol–water partition coefficient (Wildman–Crippen LogP) is 4.84. The highest BCUT2D eigenvalue weighted by Gasteiger charge is 2.21. The van der Waals surface area contributed by atoms with Crippen LogP contribution in [-0.2, 0) is 18.3 Å². The molecule has 0 radical (unpaired) electrons. The Labute approximate surface area is 122 Å². The quantitative estimate of drug-likeness (QED) is 0.844. The minimum atomic E-state index is -0.0410. The fourth-order valence-corrected chi connectivity index (χ4v) is 2.49. The van der Waals surface area contributed by atoms with Crippen molar-refractivity contribution >= 4 is 0 Å². The summed E-state index contributed by atoms with van der Waals surface area (Å²) in [4.78, 5) is 0. The highest BCUT2D eigenvalue weighted by atomic mass is 16.3. The molecule has 0 heterocycles. The molecule has 0 unspecified atom stereocenters. The van der Waals surface area contributed by atoms with Crippen molar-refractivity contribution in [2.24, 2.45) is 0 Å². The van der Waals surface area contributed by atoms with Crippen molar-refractivity contribution in [3.05, 3.63) is 64.7 Å². The van der Waals surface area contributed by atoms with Crippen molar-refractivity contribution in [2.45, 2.75) is 46.0 Å². The van der Waals surface area contributed by atoms with Crippen LogP contribution >= 0.6 is 0 Å². The van der Waals surface area contributed by atoms with E-state index in [-0.39, 0.29) is 5.41 Å². The first-order valence-electron chi connectivity index (χ1n) is 7.31. The van der Waals surface area contributed by atoms with E-state index in [1.165, 1.54) is 11.1 Å². The average Bonchev–Trinajstić information content (AvgIpc) is 2.41. The summed E-state index contributed by atoms with van der Waals surface area (Å²) in [5, 5.41) is 10.6. The number of aromatic hydroxyl groups is 1. The monoisotopic (exact) mass is 268 g/mol. The number of benzene rings is 2. The molecule has 2 aromatic rings. The summed E-state index contributed by atoms with van der Waals surface area (Å²) >= 11 is 0. The molecule has 1 N–H and O–H groups in total. The normalized spacial score (nSPS) is 11.6. The SMILES string of the molecule is CCc1cc(Cc2ccccc2)c(O)c(C(C)(C)C)c1. The molecule has 0 aromatic heterocycles. The standard InChI is InChI=1S/C19H24O/c1-5-14-11-16(12-15-9-7-6-8-10-15)18(20)17(13-14)19(2,3)4/h6-11,13,20H,5,12H2,1-4H3. The fourth-order valence-electron chi connectivity index (χ4n) is 2.49. The number of hydrogen-bond acceptors (Lipinski definition) is 1. The van der Waals surface area contributed by atoms with Crippen molar-refractivity contribution in [3.8, 4) is 5.75 Å². The Hall–Kier alpha value is -1.76. The lowest BCUT2D eigenvalue weighted by Crippen LogP contribution is -2.13. The van der Waals surface area contributed by atoms with Crippen LogP contribution in [-0.4, -0.2) is 5.11 Å². The van der Waals surface area contributed by atoms with Crippen LogP contribution in [0.25, 0.3) is 0 Å². The molecule has 2 aromatic carbocycles. The van der Waals surface area contributed by atoms with Crippen LogP contribution in [0.15, 0.2) is 42.5 Å². The first-order valence-corrected chi connectivity index (χ1v) is 7.31. The van der Waals surface area contributed by atoms with E-state index in [9.17, 15) is 5.11 Å². The average molecular weight is 268 g/mol. The molecular weight excluding hydrogens is 244 g/mol. The van der Waals surface area contributed by atoms with Gasteiger partial charge in [0.15, 0.2) is 0 Å². The molecule has 20 heavy (non-hydrogen) atoms. The van der Waals surface area contributed by atoms with Crippen molar-refractivity contribution < 1.29 is 5.11 Å². The second-order valence-corrected chi connectivity index (χ2v) is 6.42. The van der Waals surface area contributed by atoms with E-state index in [1.807, 2.05) is 18.2 Å². The number of phenols is 1. The predicted molar refractivity (Wildman–Crippen MR) is 85.4 cm³/mol. The third kappa shape index (κ3) is 3.22. The first kappa shape index (κ1) is 14.6. The second-order valence-electron chi connectivity index (χ2n) is 6.42. The summed E-state index contributed by atoms with van der Waals surface area (Å²) in [6.07, 6.45) is 1.77. The van der Waals surface area contributed by atoms with E-state index in [1.54, 1.807) is 0 Å². The molecule has 0 aliphatic carbocycles. The van der Waals surface area contributed by atoms with Crippen molar-refractivity contribution in [3.63, 3.8) is 0 Å². The van der Waals surface area contributed by atoms with Crippen LogP contribution in [0.3, 0.4) is 0 Å². The van der Waals surface area contributed by atoms with Crippen LogP contribution in [0.2, 0.25) is 0 Å². The van der Waals surface area contributed by atoms with E-state index in [0.29, 0.717) is 5.75 Å². The fraction of sp³-hybridized carbons (Fsp3) is 0.368. The molecule has 1 nitrogen and oxygen atoms in total. The van der Waals surface area contributed by atoms with Crippen LogP contribution in [0.1, 0.15) is 49.9 Å². The van der Waals surface area contributed by atoms with Crippen molar-refractivity contribution in [1.82, 2.24) is 0 Å². The lowest BCUT2D eigenvalue weighted by atomic mass is 9.83. The molecule has 0 spiro atoms. The molecule has 2 rings (SSSR count). The Morgan fingerprint density at radius 2 is 1.60 bits per heavy atom. The van der Waals surface area contributed by atoms with Crippen molar-refractivity contribution in [1.29, 1.82) is 0 Å². The molecular formula is C19H24O. The summed E-state index contributed by atoms with van der Waals surface area (Å²) in [5.41, 5.74) is 4.55. The minimum Gasteiger partial charge on any atom is -0.507 e. The van der Waals surface area contributed by atoms with Gasteiger partial charge >= 0.3 is 0 Å². The Bertz CT molecular complexity index is 577. The van der Waals surface area contributed by atoms with Gasteiger partial charge in [0.25, 0.3) is 0 Å². The molecule has 106 valence electrons. The molecule has 0 aliphatic heterocycles. The van der Waals surface area contributed by atoms with Gasteiger partial charge < -0.3 is 5.11 Å². The van der Waals surface area contributed by atoms with Gasteiger partial charge in [0, 0.05) is 6.42 Å². The Kier molecular flexibility index (Phi) is 4.17. The molecule has 0 aliphatic rings. The van der Waals surface area contributed by atoms with Crippen LogP contribution < -0.4 is 0 Å². The van der Waals surface area contributed by atoms with Gasteiger partial charge in [0.05, 0.1) is 0 Å². The lowest BCUT2D eigenvalue weighted by Gasteiger charge is -2.23. The summed E-state index contributed by atoms with van der Waals surface area (Å²) in [7, 11) is 0. The van der Waals surface area contributed by atoms with Gasteiger partial charge in [-0.15, -0.1) is 0 Å². The third-order valence-electron chi connectivity index (χ3n) is 3.70. The minimum absolute atomic E-state index is 0.0410. The summed E-state index contributed by atoms with van der Waals surface area (Å²) in [6, 6.07) is 14.6. The van der Waals surface area contributed by atoms with Gasteiger partial charge in [0.2, 0.25) is 0 Å². The van der Waals surface area contributed by atoms with E-state index in [2.05, 4.69) is 52.0 Å². The van der Waals surface area contributed by atoms with E-state index in [0.717, 1.165) is 24.0 Å². The lowest BCUT2D eigenvalue weighted by molar-refractivity contribution is 0.441. The zero-order chi connectivity index (χ0) is 14.8. The van der Waals surface area contributed by atoms with Gasteiger partial charge in [-0.25, -0.2) is 0 Å². The van der Waals surface area contributed by atoms with Crippen LogP contribution in [0.4, 0.5) is 0 Å². The zero-order valence-electron chi connectivity index (χ0n) is 12.9. The Morgan fingerprint density at radius 1 is 0.950 bits per heavy atom. The Morgan fingerprint density at radius 3 is 2.15 bits per heavy atom. The maximum absolute atomic E-state index is 10.6. The third-order valence-corrected chi connectivity index (χ3v) is 3.70. The largest absolute Gasteiger partial charge is 0.507 e. The maximum atomic E-state index is 10.6. The molecule has 0 fully saturated rings. The number of aryl methyl sites for hydroxylation is 1. The van der Waals surface area contributed by atoms with Gasteiger partial charge in [-0.2, -0.15) is 0 Å². The highest BCUT2D eigenvalue weighted by Crippen LogP contribution is 2.35. The van der Waals surface area contributed by atoms with E-state index < -0.39 is 0 Å². The highest BCUT2D eigenvalue weighted by molar-refractivity contribution is 5.48. The van der Waals surface area contributed by atoms with E-state index in [4.69, 9.17) is 0 Å². The van der Waals surface area contributed by atoms with Gasteiger partial charge in [-0.3, -0.25) is 0 Å². The molecule has 0 bridgehead atoms. The van der Waals surface area contributed by atoms with Gasteiger partial charge in [-0.1, -0.05) is 70.2 Å². The zero-order valence-corrected chi connectivity index (χ0v) is 12.9.